The molecule has 0 spiro atoms. The van der Waals surface area contributed by atoms with Gasteiger partial charge >= 0.3 is 5.82 Å². The zero-order valence-corrected chi connectivity index (χ0v) is 19.0. The lowest BCUT2D eigenvalue weighted by Gasteiger charge is -2.11. The number of aromatic amines is 1. The van der Waals surface area contributed by atoms with E-state index in [1.165, 1.54) is 0 Å². The highest BCUT2D eigenvalue weighted by atomic mass is 16.5. The predicted molar refractivity (Wildman–Crippen MR) is 124 cm³/mol. The summed E-state index contributed by atoms with van der Waals surface area (Å²) < 4.78 is 13.2. The number of ether oxygens (including phenoxy) is 1. The average molecular weight is 430 g/mol. The topological polar surface area (TPSA) is 84.0 Å². The molecule has 0 aliphatic carbocycles. The maximum atomic E-state index is 5.78. The van der Waals surface area contributed by atoms with Crippen LogP contribution in [0, 0.1) is 20.8 Å². The molecular weight excluding hydrogens is 404 g/mol. The molecule has 0 aliphatic heterocycles. The summed E-state index contributed by atoms with van der Waals surface area (Å²) in [6.07, 6.45) is 4.04. The minimum Gasteiger partial charge on any atom is -0.496 e. The smallest absolute Gasteiger partial charge is 0.341 e. The van der Waals surface area contributed by atoms with Crippen molar-refractivity contribution in [1.29, 1.82) is 0 Å². The minimum absolute atomic E-state index is 0.696. The molecule has 1 aromatic carbocycles. The zero-order chi connectivity index (χ0) is 22.6. The van der Waals surface area contributed by atoms with Crippen molar-refractivity contribution < 1.29 is 13.8 Å². The van der Waals surface area contributed by atoms with Crippen LogP contribution in [0.2, 0.25) is 0 Å². The minimum atomic E-state index is 0.696. The van der Waals surface area contributed by atoms with E-state index in [9.17, 15) is 0 Å². The second kappa shape index (κ2) is 7.33. The van der Waals surface area contributed by atoms with Crippen LogP contribution >= 0.6 is 0 Å². The van der Waals surface area contributed by atoms with Crippen LogP contribution in [0.25, 0.3) is 38.9 Å². The summed E-state index contributed by atoms with van der Waals surface area (Å²) in [7, 11) is 5.72. The van der Waals surface area contributed by atoms with Crippen LogP contribution in [-0.2, 0) is 0 Å². The van der Waals surface area contributed by atoms with E-state index in [4.69, 9.17) is 14.2 Å². The Bertz CT molecular complexity index is 1440. The highest BCUT2D eigenvalue weighted by Gasteiger charge is 2.24. The number of hydrogen-bond acceptors (Lipinski definition) is 6. The molecule has 32 heavy (non-hydrogen) atoms. The second-order valence-corrected chi connectivity index (χ2v) is 8.10. The van der Waals surface area contributed by atoms with E-state index in [2.05, 4.69) is 38.2 Å². The molecular formula is C24H25N6O2+. The zero-order valence-electron chi connectivity index (χ0n) is 19.0. The fraction of sp³-hybridized carbons (Fsp3) is 0.250. The van der Waals surface area contributed by atoms with Gasteiger partial charge in [0.1, 0.15) is 16.9 Å². The van der Waals surface area contributed by atoms with Gasteiger partial charge in [0.15, 0.2) is 5.65 Å². The van der Waals surface area contributed by atoms with Gasteiger partial charge in [0.2, 0.25) is 5.82 Å². The Balaban J connectivity index is 1.79. The number of H-pyrrole nitrogens is 1. The summed E-state index contributed by atoms with van der Waals surface area (Å²) in [5.74, 6) is 3.01. The number of methoxy groups -OCH3 is 1. The van der Waals surface area contributed by atoms with Crippen molar-refractivity contribution >= 4 is 27.6 Å². The molecule has 162 valence electrons. The summed E-state index contributed by atoms with van der Waals surface area (Å²) in [6, 6.07) is 8.23. The van der Waals surface area contributed by atoms with Crippen molar-refractivity contribution in [1.82, 2.24) is 20.1 Å². The number of nitrogens with zero attached hydrogens (tertiary/aromatic N) is 5. The molecule has 0 unspecified atom stereocenters. The van der Waals surface area contributed by atoms with Crippen molar-refractivity contribution in [2.24, 2.45) is 0 Å². The summed E-state index contributed by atoms with van der Waals surface area (Å²) in [6.45, 7) is 5.74. The summed E-state index contributed by atoms with van der Waals surface area (Å²) in [5.41, 5.74) is 5.54. The first kappa shape index (κ1) is 20.0. The maximum absolute atomic E-state index is 5.78. The third-order valence-corrected chi connectivity index (χ3v) is 5.74. The molecule has 0 radical (unpaired) electrons. The van der Waals surface area contributed by atoms with E-state index in [-0.39, 0.29) is 0 Å². The highest BCUT2D eigenvalue weighted by molar-refractivity contribution is 6.10. The van der Waals surface area contributed by atoms with Gasteiger partial charge in [-0.1, -0.05) is 5.16 Å². The monoisotopic (exact) mass is 429 g/mol. The highest BCUT2D eigenvalue weighted by Crippen LogP contribution is 2.39. The molecule has 8 heteroatoms. The van der Waals surface area contributed by atoms with Crippen LogP contribution in [-0.4, -0.2) is 41.3 Å². The fourth-order valence-corrected chi connectivity index (χ4v) is 4.19. The van der Waals surface area contributed by atoms with Gasteiger partial charge in [-0.25, -0.2) is 4.57 Å². The van der Waals surface area contributed by atoms with Crippen LogP contribution in [0.15, 0.2) is 41.2 Å². The molecule has 8 nitrogen and oxygen atoms in total. The fourth-order valence-electron chi connectivity index (χ4n) is 4.19. The van der Waals surface area contributed by atoms with Crippen LogP contribution < -0.4 is 14.2 Å². The normalized spacial score (nSPS) is 11.4. The molecule has 4 aromatic heterocycles. The van der Waals surface area contributed by atoms with E-state index in [1.54, 1.807) is 7.11 Å². The van der Waals surface area contributed by atoms with Gasteiger partial charge in [-0.2, -0.15) is 4.98 Å². The standard InChI is InChI=1S/C24H25N6O2/c1-13-21(14(2)32-28-13)18-11-19-17(12-20(18)31-6)22-23(27-19)25-15(3)26-24(22)30-9-7-16(8-10-30)29(4)5/h7-12H,1-6H3,(H,25,26,27)/q+1. The van der Waals surface area contributed by atoms with Gasteiger partial charge in [-0.3, -0.25) is 0 Å². The van der Waals surface area contributed by atoms with E-state index in [0.29, 0.717) is 5.82 Å². The molecule has 0 saturated heterocycles. The second-order valence-electron chi connectivity index (χ2n) is 8.10. The van der Waals surface area contributed by atoms with Gasteiger partial charge < -0.3 is 19.1 Å². The molecule has 0 saturated carbocycles. The van der Waals surface area contributed by atoms with E-state index in [0.717, 1.165) is 61.8 Å². The van der Waals surface area contributed by atoms with Crippen molar-refractivity contribution in [2.75, 3.05) is 26.1 Å². The largest absolute Gasteiger partial charge is 0.496 e. The van der Waals surface area contributed by atoms with Crippen molar-refractivity contribution in [3.8, 4) is 22.7 Å². The first-order valence-electron chi connectivity index (χ1n) is 10.4. The third kappa shape index (κ3) is 3.07. The molecule has 5 aromatic rings. The molecule has 0 atom stereocenters. The van der Waals surface area contributed by atoms with Gasteiger partial charge in [-0.15, -0.1) is 0 Å². The van der Waals surface area contributed by atoms with E-state index in [1.807, 2.05) is 57.9 Å². The summed E-state index contributed by atoms with van der Waals surface area (Å²) >= 11 is 0. The predicted octanol–water partition coefficient (Wildman–Crippen LogP) is 4.04. The number of nitrogens with one attached hydrogen (secondary N) is 1. The van der Waals surface area contributed by atoms with Gasteiger partial charge in [0, 0.05) is 55.3 Å². The summed E-state index contributed by atoms with van der Waals surface area (Å²) in [5, 5.41) is 6.04. The van der Waals surface area contributed by atoms with Crippen molar-refractivity contribution in [2.45, 2.75) is 20.8 Å². The number of anilines is 1. The number of rotatable bonds is 4. The lowest BCUT2D eigenvalue weighted by molar-refractivity contribution is -0.597. The van der Waals surface area contributed by atoms with Crippen molar-refractivity contribution in [3.05, 3.63) is 53.9 Å². The first-order valence-corrected chi connectivity index (χ1v) is 10.4. The average Bonchev–Trinajstić information content (AvgIpc) is 3.30. The van der Waals surface area contributed by atoms with Gasteiger partial charge in [0.05, 0.1) is 30.8 Å². The van der Waals surface area contributed by atoms with Gasteiger partial charge in [0.25, 0.3) is 0 Å². The molecule has 1 N–H and O–H groups in total. The number of fused-ring (bicyclic) bond motifs is 3. The molecule has 5 rings (SSSR count). The first-order chi connectivity index (χ1) is 15.4. The Kier molecular flexibility index (Phi) is 4.58. The van der Waals surface area contributed by atoms with E-state index < -0.39 is 0 Å². The van der Waals surface area contributed by atoms with E-state index >= 15 is 0 Å². The molecule has 4 heterocycles. The summed E-state index contributed by atoms with van der Waals surface area (Å²) in [4.78, 5) is 15.0. The molecule has 0 bridgehead atoms. The van der Waals surface area contributed by atoms with Crippen LogP contribution in [0.1, 0.15) is 17.3 Å². The number of aryl methyl sites for hydroxylation is 3. The number of hydrogen-bond donors (Lipinski definition) is 1. The number of pyridine rings is 1. The molecule has 0 fully saturated rings. The quantitative estimate of drug-likeness (QED) is 0.434. The SMILES string of the molecule is COc1cc2c(cc1-c1c(C)noc1C)[nH]c1nc(C)nc(-[n+]3ccc(N(C)C)cc3)c12. The Labute approximate surface area is 185 Å². The number of benzene rings is 1. The molecule has 0 amide bonds. The van der Waals surface area contributed by atoms with Crippen LogP contribution in [0.5, 0.6) is 5.75 Å². The Morgan fingerprint density at radius 2 is 1.81 bits per heavy atom. The van der Waals surface area contributed by atoms with Gasteiger partial charge in [-0.05, 0) is 31.0 Å². The lowest BCUT2D eigenvalue weighted by Crippen LogP contribution is -2.32. The Hall–Kier alpha value is -3.94. The Morgan fingerprint density at radius 1 is 1.06 bits per heavy atom. The lowest BCUT2D eigenvalue weighted by atomic mass is 10.0. The van der Waals surface area contributed by atoms with Crippen LogP contribution in [0.4, 0.5) is 5.69 Å². The Morgan fingerprint density at radius 3 is 2.44 bits per heavy atom. The number of aromatic nitrogens is 5. The van der Waals surface area contributed by atoms with Crippen molar-refractivity contribution in [3.63, 3.8) is 0 Å². The maximum Gasteiger partial charge on any atom is 0.341 e. The third-order valence-electron chi connectivity index (χ3n) is 5.74. The van der Waals surface area contributed by atoms with Crippen LogP contribution in [0.3, 0.4) is 0 Å². The molecule has 0 aliphatic rings.